The Labute approximate surface area is 108 Å². The number of allylic oxidation sites excluding steroid dienone is 2. The van der Waals surface area contributed by atoms with Gasteiger partial charge in [-0.3, -0.25) is 4.79 Å². The van der Waals surface area contributed by atoms with Crippen molar-refractivity contribution in [1.29, 1.82) is 0 Å². The van der Waals surface area contributed by atoms with Crippen LogP contribution in [-0.2, 0) is 4.79 Å². The SMILES string of the molecule is CC(C)C/C=C/C(=O)CCSc1ccccc1. The summed E-state index contributed by atoms with van der Waals surface area (Å²) in [4.78, 5) is 12.7. The standard InChI is InChI=1S/C15H20OS/c1-13(2)7-6-8-14(16)11-12-17-15-9-4-3-5-10-15/h3-6,8-10,13H,7,11-12H2,1-2H3/b8-6+. The number of carbonyl (C=O) groups excluding carboxylic acids is 1. The number of benzene rings is 1. The van der Waals surface area contributed by atoms with Crippen LogP contribution >= 0.6 is 11.8 Å². The van der Waals surface area contributed by atoms with E-state index in [-0.39, 0.29) is 5.78 Å². The van der Waals surface area contributed by atoms with Gasteiger partial charge in [0.1, 0.15) is 0 Å². The lowest BCUT2D eigenvalue weighted by molar-refractivity contribution is -0.114. The molecular formula is C15H20OS. The molecule has 0 bridgehead atoms. The van der Waals surface area contributed by atoms with Crippen LogP contribution in [0.1, 0.15) is 26.7 Å². The molecule has 1 nitrogen and oxygen atoms in total. The van der Waals surface area contributed by atoms with Gasteiger partial charge in [0, 0.05) is 17.1 Å². The second-order valence-corrected chi connectivity index (χ2v) is 5.58. The summed E-state index contributed by atoms with van der Waals surface area (Å²) in [6.07, 6.45) is 5.32. The average Bonchev–Trinajstić information content (AvgIpc) is 2.30. The van der Waals surface area contributed by atoms with Crippen LogP contribution in [0.15, 0.2) is 47.4 Å². The quantitative estimate of drug-likeness (QED) is 0.527. The molecule has 0 unspecified atom stereocenters. The van der Waals surface area contributed by atoms with Gasteiger partial charge in [0.15, 0.2) is 5.78 Å². The zero-order valence-electron chi connectivity index (χ0n) is 10.6. The Morgan fingerprint density at radius 1 is 1.29 bits per heavy atom. The Morgan fingerprint density at radius 2 is 2.00 bits per heavy atom. The first-order valence-electron chi connectivity index (χ1n) is 6.05. The number of ketones is 1. The lowest BCUT2D eigenvalue weighted by Gasteiger charge is -1.99. The van der Waals surface area contributed by atoms with Gasteiger partial charge >= 0.3 is 0 Å². The van der Waals surface area contributed by atoms with Crippen LogP contribution in [0.25, 0.3) is 0 Å². The largest absolute Gasteiger partial charge is 0.295 e. The summed E-state index contributed by atoms with van der Waals surface area (Å²) in [5.74, 6) is 1.71. The van der Waals surface area contributed by atoms with E-state index < -0.39 is 0 Å². The molecule has 0 aliphatic carbocycles. The normalized spacial score (nSPS) is 11.2. The highest BCUT2D eigenvalue weighted by Gasteiger charge is 1.98. The van der Waals surface area contributed by atoms with Crippen LogP contribution < -0.4 is 0 Å². The smallest absolute Gasteiger partial charge is 0.156 e. The van der Waals surface area contributed by atoms with Crippen LogP contribution in [0, 0.1) is 5.92 Å². The molecule has 0 atom stereocenters. The molecule has 0 amide bonds. The van der Waals surface area contributed by atoms with Crippen molar-refractivity contribution in [1.82, 2.24) is 0 Å². The van der Waals surface area contributed by atoms with Crippen LogP contribution in [-0.4, -0.2) is 11.5 Å². The zero-order chi connectivity index (χ0) is 12.5. The second-order valence-electron chi connectivity index (χ2n) is 4.41. The van der Waals surface area contributed by atoms with Gasteiger partial charge in [-0.05, 0) is 30.5 Å². The molecule has 0 aliphatic heterocycles. The van der Waals surface area contributed by atoms with Gasteiger partial charge in [-0.25, -0.2) is 0 Å². The third-order valence-electron chi connectivity index (χ3n) is 2.27. The molecule has 0 aromatic heterocycles. The Balaban J connectivity index is 2.18. The van der Waals surface area contributed by atoms with Crippen molar-refractivity contribution in [2.45, 2.75) is 31.6 Å². The maximum atomic E-state index is 11.5. The summed E-state index contributed by atoms with van der Waals surface area (Å²) in [7, 11) is 0. The minimum atomic E-state index is 0.231. The molecule has 1 aromatic rings. The van der Waals surface area contributed by atoms with Crippen molar-refractivity contribution in [3.05, 3.63) is 42.5 Å². The van der Waals surface area contributed by atoms with Gasteiger partial charge in [-0.1, -0.05) is 38.1 Å². The molecule has 2 heteroatoms. The molecule has 0 N–H and O–H groups in total. The Bertz CT molecular complexity index is 354. The summed E-state index contributed by atoms with van der Waals surface area (Å²) in [6.45, 7) is 4.31. The van der Waals surface area contributed by atoms with E-state index in [4.69, 9.17) is 0 Å². The van der Waals surface area contributed by atoms with Crippen molar-refractivity contribution in [2.75, 3.05) is 5.75 Å². The van der Waals surface area contributed by atoms with E-state index in [1.165, 1.54) is 4.90 Å². The van der Waals surface area contributed by atoms with Gasteiger partial charge in [-0.2, -0.15) is 0 Å². The van der Waals surface area contributed by atoms with Crippen LogP contribution in [0.3, 0.4) is 0 Å². The molecule has 1 rings (SSSR count). The van der Waals surface area contributed by atoms with E-state index in [0.29, 0.717) is 12.3 Å². The molecule has 0 spiro atoms. The van der Waals surface area contributed by atoms with E-state index in [9.17, 15) is 4.79 Å². The summed E-state index contributed by atoms with van der Waals surface area (Å²) in [5.41, 5.74) is 0. The molecule has 0 fully saturated rings. The minimum Gasteiger partial charge on any atom is -0.295 e. The predicted molar refractivity (Wildman–Crippen MR) is 75.4 cm³/mol. The van der Waals surface area contributed by atoms with Gasteiger partial charge in [0.25, 0.3) is 0 Å². The second kappa shape index (κ2) is 8.13. The molecule has 17 heavy (non-hydrogen) atoms. The van der Waals surface area contributed by atoms with Gasteiger partial charge in [0.2, 0.25) is 0 Å². The number of thioether (sulfide) groups is 1. The topological polar surface area (TPSA) is 17.1 Å². The van der Waals surface area contributed by atoms with E-state index in [2.05, 4.69) is 26.0 Å². The van der Waals surface area contributed by atoms with Gasteiger partial charge in [-0.15, -0.1) is 11.8 Å². The summed E-state index contributed by atoms with van der Waals surface area (Å²) in [5, 5.41) is 0. The fraction of sp³-hybridized carbons (Fsp3) is 0.400. The molecule has 0 radical (unpaired) electrons. The molecule has 92 valence electrons. The van der Waals surface area contributed by atoms with Crippen molar-refractivity contribution in [3.8, 4) is 0 Å². The number of hydrogen-bond acceptors (Lipinski definition) is 2. The van der Waals surface area contributed by atoms with Crippen molar-refractivity contribution >= 4 is 17.5 Å². The summed E-state index contributed by atoms with van der Waals surface area (Å²) in [6, 6.07) is 10.2. The maximum absolute atomic E-state index is 11.5. The van der Waals surface area contributed by atoms with Crippen molar-refractivity contribution in [3.63, 3.8) is 0 Å². The van der Waals surface area contributed by atoms with E-state index in [1.54, 1.807) is 17.8 Å². The van der Waals surface area contributed by atoms with Gasteiger partial charge < -0.3 is 0 Å². The minimum absolute atomic E-state index is 0.231. The first kappa shape index (κ1) is 14.0. The maximum Gasteiger partial charge on any atom is 0.156 e. The molecule has 0 saturated heterocycles. The molecule has 1 aromatic carbocycles. The zero-order valence-corrected chi connectivity index (χ0v) is 11.4. The Morgan fingerprint density at radius 3 is 2.65 bits per heavy atom. The lowest BCUT2D eigenvalue weighted by atomic mass is 10.1. The van der Waals surface area contributed by atoms with E-state index in [0.717, 1.165) is 12.2 Å². The number of hydrogen-bond donors (Lipinski definition) is 0. The van der Waals surface area contributed by atoms with Crippen molar-refractivity contribution in [2.24, 2.45) is 5.92 Å². The van der Waals surface area contributed by atoms with E-state index >= 15 is 0 Å². The Kier molecular flexibility index (Phi) is 6.71. The monoisotopic (exact) mass is 248 g/mol. The molecule has 0 heterocycles. The number of carbonyl (C=O) groups is 1. The number of rotatable bonds is 7. The molecular weight excluding hydrogens is 228 g/mol. The fourth-order valence-corrected chi connectivity index (χ4v) is 2.23. The highest BCUT2D eigenvalue weighted by Crippen LogP contribution is 2.17. The third kappa shape index (κ3) is 7.01. The van der Waals surface area contributed by atoms with Crippen LogP contribution in [0.2, 0.25) is 0 Å². The Hall–Kier alpha value is -1.02. The first-order chi connectivity index (χ1) is 8.18. The highest BCUT2D eigenvalue weighted by atomic mass is 32.2. The predicted octanol–water partition coefficient (Wildman–Crippen LogP) is 4.34. The molecule has 0 saturated carbocycles. The first-order valence-corrected chi connectivity index (χ1v) is 7.04. The average molecular weight is 248 g/mol. The lowest BCUT2D eigenvalue weighted by Crippen LogP contribution is -1.95. The van der Waals surface area contributed by atoms with Gasteiger partial charge in [0.05, 0.1) is 0 Å². The summed E-state index contributed by atoms with van der Waals surface area (Å²) < 4.78 is 0. The fourth-order valence-electron chi connectivity index (χ4n) is 1.34. The van der Waals surface area contributed by atoms with E-state index in [1.807, 2.05) is 24.3 Å². The molecule has 0 aliphatic rings. The van der Waals surface area contributed by atoms with Crippen LogP contribution in [0.4, 0.5) is 0 Å². The third-order valence-corrected chi connectivity index (χ3v) is 3.29. The van der Waals surface area contributed by atoms with Crippen LogP contribution in [0.5, 0.6) is 0 Å². The summed E-state index contributed by atoms with van der Waals surface area (Å²) >= 11 is 1.73. The van der Waals surface area contributed by atoms with Crippen molar-refractivity contribution < 1.29 is 4.79 Å². The highest BCUT2D eigenvalue weighted by molar-refractivity contribution is 7.99.